The molecule has 0 saturated carbocycles. The Kier molecular flexibility index (Phi) is 4.37. The maximum Gasteiger partial charge on any atom is 0.225 e. The number of hydrogen-bond donors (Lipinski definition) is 1. The summed E-state index contributed by atoms with van der Waals surface area (Å²) >= 11 is 3.48. The number of nitrogens with one attached hydrogen (secondary N) is 1. The summed E-state index contributed by atoms with van der Waals surface area (Å²) < 4.78 is 6.90. The molecule has 5 heteroatoms. The molecule has 0 spiro atoms. The highest BCUT2D eigenvalue weighted by Gasteiger charge is 2.10. The van der Waals surface area contributed by atoms with Crippen LogP contribution in [0.1, 0.15) is 25.3 Å². The molecule has 0 amide bonds. The summed E-state index contributed by atoms with van der Waals surface area (Å²) in [5, 5.41) is 2.89. The molecule has 2 aromatic rings. The zero-order valence-electron chi connectivity index (χ0n) is 11.1. The fourth-order valence-corrected chi connectivity index (χ4v) is 2.07. The first-order valence-electron chi connectivity index (χ1n) is 6.08. The predicted molar refractivity (Wildman–Crippen MR) is 79.9 cm³/mol. The summed E-state index contributed by atoms with van der Waals surface area (Å²) in [5.41, 5.74) is 1.14. The van der Waals surface area contributed by atoms with Gasteiger partial charge in [-0.15, -0.1) is 0 Å². The van der Waals surface area contributed by atoms with Gasteiger partial charge in [-0.1, -0.05) is 29.8 Å². The van der Waals surface area contributed by atoms with Crippen molar-refractivity contribution in [2.75, 3.05) is 12.4 Å². The van der Waals surface area contributed by atoms with Crippen molar-refractivity contribution in [1.29, 1.82) is 0 Å². The van der Waals surface area contributed by atoms with E-state index in [0.29, 0.717) is 17.7 Å². The minimum Gasteiger partial charge on any atom is -0.439 e. The smallest absolute Gasteiger partial charge is 0.225 e. The second-order valence-corrected chi connectivity index (χ2v) is 5.32. The van der Waals surface area contributed by atoms with Crippen LogP contribution in [0.3, 0.4) is 0 Å². The molecule has 0 aliphatic carbocycles. The van der Waals surface area contributed by atoms with Gasteiger partial charge in [0, 0.05) is 23.8 Å². The lowest BCUT2D eigenvalue weighted by atomic mass is 10.0. The van der Waals surface area contributed by atoms with E-state index in [1.165, 1.54) is 0 Å². The number of benzene rings is 1. The second kappa shape index (κ2) is 6.02. The lowest BCUT2D eigenvalue weighted by molar-refractivity contribution is 0.454. The molecule has 0 unspecified atom stereocenters. The van der Waals surface area contributed by atoms with E-state index in [1.807, 2.05) is 12.1 Å². The summed E-state index contributed by atoms with van der Waals surface area (Å²) in [6.07, 6.45) is 1.67. The van der Waals surface area contributed by atoms with Crippen LogP contribution in [-0.4, -0.2) is 17.0 Å². The Morgan fingerprint density at radius 2 is 2.05 bits per heavy atom. The molecule has 0 aliphatic rings. The molecule has 0 aliphatic heterocycles. The van der Waals surface area contributed by atoms with E-state index < -0.39 is 0 Å². The van der Waals surface area contributed by atoms with E-state index in [9.17, 15) is 0 Å². The first kappa shape index (κ1) is 13.8. The monoisotopic (exact) mass is 321 g/mol. The molecule has 0 bridgehead atoms. The second-order valence-electron chi connectivity index (χ2n) is 4.41. The van der Waals surface area contributed by atoms with Crippen molar-refractivity contribution in [3.05, 3.63) is 40.5 Å². The first-order valence-corrected chi connectivity index (χ1v) is 6.87. The van der Waals surface area contributed by atoms with Gasteiger partial charge in [-0.05, 0) is 29.7 Å². The van der Waals surface area contributed by atoms with Gasteiger partial charge < -0.3 is 10.1 Å². The van der Waals surface area contributed by atoms with Gasteiger partial charge in [0.25, 0.3) is 0 Å². The minimum absolute atomic E-state index is 0.373. The van der Waals surface area contributed by atoms with E-state index >= 15 is 0 Å². The van der Waals surface area contributed by atoms with Gasteiger partial charge in [-0.3, -0.25) is 0 Å². The Morgan fingerprint density at radius 3 is 2.74 bits per heavy atom. The third-order valence-corrected chi connectivity index (χ3v) is 3.16. The van der Waals surface area contributed by atoms with E-state index in [0.717, 1.165) is 15.8 Å². The number of anilines is 1. The fraction of sp³-hybridized carbons (Fsp3) is 0.286. The number of hydrogen-bond acceptors (Lipinski definition) is 4. The van der Waals surface area contributed by atoms with Crippen LogP contribution in [0.5, 0.6) is 11.6 Å². The van der Waals surface area contributed by atoms with Gasteiger partial charge in [0.15, 0.2) is 0 Å². The predicted octanol–water partition coefficient (Wildman–Crippen LogP) is 4.20. The Labute approximate surface area is 121 Å². The molecular weight excluding hydrogens is 306 g/mol. The maximum absolute atomic E-state index is 5.86. The van der Waals surface area contributed by atoms with Crippen molar-refractivity contribution in [2.45, 2.75) is 19.8 Å². The van der Waals surface area contributed by atoms with Crippen LogP contribution >= 0.6 is 15.9 Å². The number of rotatable bonds is 4. The maximum atomic E-state index is 5.86. The standard InChI is InChI=1S/C14H16BrN3O/c1-9(2)11-8-10(15)4-5-12(11)19-13-6-7-17-14(16-3)18-13/h4-9H,1-3H3,(H,16,17,18). The lowest BCUT2D eigenvalue weighted by Gasteiger charge is -2.13. The zero-order chi connectivity index (χ0) is 13.8. The molecule has 0 radical (unpaired) electrons. The summed E-state index contributed by atoms with van der Waals surface area (Å²) in [6, 6.07) is 7.72. The summed E-state index contributed by atoms with van der Waals surface area (Å²) in [6.45, 7) is 4.27. The normalized spacial score (nSPS) is 10.6. The van der Waals surface area contributed by atoms with Crippen LogP contribution < -0.4 is 10.1 Å². The highest BCUT2D eigenvalue weighted by molar-refractivity contribution is 9.10. The van der Waals surface area contributed by atoms with Crippen LogP contribution in [0.2, 0.25) is 0 Å². The number of halogens is 1. The molecule has 0 fully saturated rings. The zero-order valence-corrected chi connectivity index (χ0v) is 12.7. The number of ether oxygens (including phenoxy) is 1. The first-order chi connectivity index (χ1) is 9.10. The Bertz CT molecular complexity index is 572. The van der Waals surface area contributed by atoms with Crippen molar-refractivity contribution in [3.63, 3.8) is 0 Å². The van der Waals surface area contributed by atoms with Crippen molar-refractivity contribution in [3.8, 4) is 11.6 Å². The largest absolute Gasteiger partial charge is 0.439 e. The minimum atomic E-state index is 0.373. The van der Waals surface area contributed by atoms with Gasteiger partial charge >= 0.3 is 0 Å². The Morgan fingerprint density at radius 1 is 1.26 bits per heavy atom. The van der Waals surface area contributed by atoms with Crippen LogP contribution in [0, 0.1) is 0 Å². The molecule has 1 heterocycles. The Hall–Kier alpha value is -1.62. The van der Waals surface area contributed by atoms with Gasteiger partial charge in [-0.2, -0.15) is 4.98 Å². The molecule has 1 aromatic heterocycles. The summed E-state index contributed by atoms with van der Waals surface area (Å²) in [5.74, 6) is 2.27. The Balaban J connectivity index is 2.32. The van der Waals surface area contributed by atoms with Gasteiger partial charge in [0.05, 0.1) is 0 Å². The summed E-state index contributed by atoms with van der Waals surface area (Å²) in [4.78, 5) is 8.31. The lowest BCUT2D eigenvalue weighted by Crippen LogP contribution is -1.99. The SMILES string of the molecule is CNc1nccc(Oc2ccc(Br)cc2C(C)C)n1. The van der Waals surface area contributed by atoms with Crippen molar-refractivity contribution < 1.29 is 4.74 Å². The quantitative estimate of drug-likeness (QED) is 0.916. The topological polar surface area (TPSA) is 47.0 Å². The molecule has 100 valence electrons. The van der Waals surface area contributed by atoms with Gasteiger partial charge in [0.1, 0.15) is 5.75 Å². The average Bonchev–Trinajstić information content (AvgIpc) is 2.41. The van der Waals surface area contributed by atoms with E-state index in [2.05, 4.69) is 51.1 Å². The molecule has 4 nitrogen and oxygen atoms in total. The highest BCUT2D eigenvalue weighted by atomic mass is 79.9. The average molecular weight is 322 g/mol. The van der Waals surface area contributed by atoms with Crippen molar-refractivity contribution in [1.82, 2.24) is 9.97 Å². The molecule has 1 aromatic carbocycles. The molecular formula is C14H16BrN3O. The summed E-state index contributed by atoms with van der Waals surface area (Å²) in [7, 11) is 1.78. The van der Waals surface area contributed by atoms with Gasteiger partial charge in [0.2, 0.25) is 11.8 Å². The third kappa shape index (κ3) is 3.44. The van der Waals surface area contributed by atoms with E-state index in [-0.39, 0.29) is 0 Å². The van der Waals surface area contributed by atoms with Crippen molar-refractivity contribution >= 4 is 21.9 Å². The van der Waals surface area contributed by atoms with Gasteiger partial charge in [-0.25, -0.2) is 4.98 Å². The number of nitrogens with zero attached hydrogens (tertiary/aromatic N) is 2. The molecule has 19 heavy (non-hydrogen) atoms. The van der Waals surface area contributed by atoms with Crippen LogP contribution in [-0.2, 0) is 0 Å². The van der Waals surface area contributed by atoms with E-state index in [4.69, 9.17) is 4.74 Å². The molecule has 2 rings (SSSR count). The van der Waals surface area contributed by atoms with Crippen LogP contribution in [0.15, 0.2) is 34.9 Å². The van der Waals surface area contributed by atoms with Crippen LogP contribution in [0.4, 0.5) is 5.95 Å². The van der Waals surface area contributed by atoms with Crippen LogP contribution in [0.25, 0.3) is 0 Å². The molecule has 0 saturated heterocycles. The molecule has 1 N–H and O–H groups in total. The van der Waals surface area contributed by atoms with E-state index in [1.54, 1.807) is 19.3 Å². The fourth-order valence-electron chi connectivity index (χ4n) is 1.70. The van der Waals surface area contributed by atoms with Crippen molar-refractivity contribution in [2.24, 2.45) is 0 Å². The number of aromatic nitrogens is 2. The highest BCUT2D eigenvalue weighted by Crippen LogP contribution is 2.32. The third-order valence-electron chi connectivity index (χ3n) is 2.66. The molecule has 0 atom stereocenters.